The maximum atomic E-state index is 13.0. The van der Waals surface area contributed by atoms with E-state index in [0.29, 0.717) is 25.4 Å². The molecule has 2 rings (SSSR count). The van der Waals surface area contributed by atoms with Crippen molar-refractivity contribution in [1.82, 2.24) is 10.1 Å². The zero-order chi connectivity index (χ0) is 12.3. The highest BCUT2D eigenvalue weighted by molar-refractivity contribution is 5.19. The van der Waals surface area contributed by atoms with Gasteiger partial charge in [-0.1, -0.05) is 5.16 Å². The second-order valence-electron chi connectivity index (χ2n) is 4.17. The maximum Gasteiger partial charge on any atom is 0.321 e. The van der Waals surface area contributed by atoms with Crippen LogP contribution in [0.1, 0.15) is 31.0 Å². The molecule has 1 atom stereocenters. The first-order valence-corrected chi connectivity index (χ1v) is 5.55. The van der Waals surface area contributed by atoms with Gasteiger partial charge >= 0.3 is 6.01 Å². The normalized spacial score (nSPS) is 22.9. The molecule has 1 aromatic heterocycles. The van der Waals surface area contributed by atoms with E-state index in [1.807, 2.05) is 0 Å². The Balaban J connectivity index is 1.90. The molecule has 1 fully saturated rings. The van der Waals surface area contributed by atoms with Crippen LogP contribution in [0.25, 0.3) is 0 Å². The van der Waals surface area contributed by atoms with Gasteiger partial charge in [-0.15, -0.1) is 0 Å². The number of rotatable bonds is 5. The van der Waals surface area contributed by atoms with Crippen LogP contribution in [-0.2, 0) is 4.74 Å². The van der Waals surface area contributed by atoms with Crippen LogP contribution < -0.4 is 5.32 Å². The van der Waals surface area contributed by atoms with Crippen molar-refractivity contribution in [2.45, 2.75) is 31.1 Å². The first kappa shape index (κ1) is 12.2. The highest BCUT2D eigenvalue weighted by Crippen LogP contribution is 2.43. The van der Waals surface area contributed by atoms with Crippen molar-refractivity contribution in [1.29, 1.82) is 0 Å². The van der Waals surface area contributed by atoms with E-state index >= 15 is 0 Å². The van der Waals surface area contributed by atoms with Crippen molar-refractivity contribution in [3.8, 4) is 0 Å². The SMILES string of the molecule is COCCNc1nc(C2CCC(F)(F)C2)no1. The Kier molecular flexibility index (Phi) is 3.56. The fraction of sp³-hybridized carbons (Fsp3) is 0.800. The molecule has 1 unspecified atom stereocenters. The van der Waals surface area contributed by atoms with Crippen LogP contribution in [0.4, 0.5) is 14.8 Å². The van der Waals surface area contributed by atoms with Crippen LogP contribution in [0, 0.1) is 0 Å². The van der Waals surface area contributed by atoms with Crippen molar-refractivity contribution in [2.75, 3.05) is 25.6 Å². The van der Waals surface area contributed by atoms with E-state index in [2.05, 4.69) is 15.5 Å². The van der Waals surface area contributed by atoms with E-state index in [0.717, 1.165) is 0 Å². The summed E-state index contributed by atoms with van der Waals surface area (Å²) in [5.41, 5.74) is 0. The van der Waals surface area contributed by atoms with Crippen LogP contribution in [0.5, 0.6) is 0 Å². The first-order chi connectivity index (χ1) is 8.11. The molecule has 0 radical (unpaired) electrons. The lowest BCUT2D eigenvalue weighted by Crippen LogP contribution is -2.10. The summed E-state index contributed by atoms with van der Waals surface area (Å²) < 4.78 is 35.8. The molecule has 1 saturated carbocycles. The van der Waals surface area contributed by atoms with Crippen molar-refractivity contribution < 1.29 is 18.0 Å². The highest BCUT2D eigenvalue weighted by atomic mass is 19.3. The number of hydrogen-bond donors (Lipinski definition) is 1. The molecule has 96 valence electrons. The molecule has 0 bridgehead atoms. The van der Waals surface area contributed by atoms with Gasteiger partial charge in [0.1, 0.15) is 0 Å². The monoisotopic (exact) mass is 247 g/mol. The van der Waals surface area contributed by atoms with Gasteiger partial charge in [-0.05, 0) is 6.42 Å². The maximum absolute atomic E-state index is 13.0. The summed E-state index contributed by atoms with van der Waals surface area (Å²) in [6, 6.07) is 0.257. The third-order valence-corrected chi connectivity index (χ3v) is 2.79. The Hall–Kier alpha value is -1.24. The van der Waals surface area contributed by atoms with Crippen LogP contribution in [0.2, 0.25) is 0 Å². The third-order valence-electron chi connectivity index (χ3n) is 2.79. The minimum absolute atomic E-state index is 0.0986. The first-order valence-electron chi connectivity index (χ1n) is 5.55. The summed E-state index contributed by atoms with van der Waals surface area (Å²) in [7, 11) is 1.58. The molecule has 1 aromatic rings. The molecular weight excluding hydrogens is 232 g/mol. The molecule has 1 heterocycles. The Morgan fingerprint density at radius 3 is 3.06 bits per heavy atom. The molecule has 1 aliphatic rings. The van der Waals surface area contributed by atoms with E-state index < -0.39 is 5.92 Å². The second-order valence-corrected chi connectivity index (χ2v) is 4.17. The summed E-state index contributed by atoms with van der Waals surface area (Å²) in [5.74, 6) is -2.52. The van der Waals surface area contributed by atoms with Gasteiger partial charge in [-0.25, -0.2) is 8.78 Å². The number of anilines is 1. The molecule has 17 heavy (non-hydrogen) atoms. The van der Waals surface area contributed by atoms with Crippen molar-refractivity contribution in [3.05, 3.63) is 5.82 Å². The van der Waals surface area contributed by atoms with Crippen molar-refractivity contribution >= 4 is 6.01 Å². The summed E-state index contributed by atoms with van der Waals surface area (Å²) in [5, 5.41) is 6.58. The van der Waals surface area contributed by atoms with Gasteiger partial charge in [0.25, 0.3) is 0 Å². The molecule has 1 N–H and O–H groups in total. The number of ether oxygens (including phenoxy) is 1. The molecule has 5 nitrogen and oxygen atoms in total. The van der Waals surface area contributed by atoms with Gasteiger partial charge in [0, 0.05) is 32.4 Å². The number of aromatic nitrogens is 2. The van der Waals surface area contributed by atoms with Crippen LogP contribution in [-0.4, -0.2) is 36.3 Å². The number of halogens is 2. The predicted molar refractivity (Wildman–Crippen MR) is 56.2 cm³/mol. The molecule has 0 amide bonds. The second kappa shape index (κ2) is 4.95. The zero-order valence-electron chi connectivity index (χ0n) is 9.58. The molecule has 7 heteroatoms. The number of nitrogens with one attached hydrogen (secondary N) is 1. The van der Waals surface area contributed by atoms with Crippen LogP contribution in [0.15, 0.2) is 4.52 Å². The molecule has 0 aromatic carbocycles. The predicted octanol–water partition coefficient (Wildman–Crippen LogP) is 2.03. The van der Waals surface area contributed by atoms with Gasteiger partial charge in [0.05, 0.1) is 6.61 Å². The smallest absolute Gasteiger partial charge is 0.321 e. The Bertz CT molecular complexity index is 370. The van der Waals surface area contributed by atoms with E-state index in [1.54, 1.807) is 7.11 Å². The lowest BCUT2D eigenvalue weighted by molar-refractivity contribution is 0.00750. The van der Waals surface area contributed by atoms with Gasteiger partial charge in [0.15, 0.2) is 5.82 Å². The summed E-state index contributed by atoms with van der Waals surface area (Å²) in [4.78, 5) is 4.05. The Morgan fingerprint density at radius 2 is 2.41 bits per heavy atom. The Morgan fingerprint density at radius 1 is 1.59 bits per heavy atom. The number of nitrogens with zero attached hydrogens (tertiary/aromatic N) is 2. The number of methoxy groups -OCH3 is 1. The fourth-order valence-corrected chi connectivity index (χ4v) is 1.90. The van der Waals surface area contributed by atoms with Gasteiger partial charge in [-0.3, -0.25) is 0 Å². The van der Waals surface area contributed by atoms with Gasteiger partial charge in [0.2, 0.25) is 5.92 Å². The largest absolute Gasteiger partial charge is 0.383 e. The van der Waals surface area contributed by atoms with Crippen molar-refractivity contribution in [2.24, 2.45) is 0 Å². The molecule has 0 aliphatic heterocycles. The van der Waals surface area contributed by atoms with Crippen LogP contribution >= 0.6 is 0 Å². The standard InChI is InChI=1S/C10H15F2N3O2/c1-16-5-4-13-9-14-8(15-17-9)7-2-3-10(11,12)6-7/h7H,2-6H2,1H3,(H,13,14,15). The topological polar surface area (TPSA) is 60.2 Å². The van der Waals surface area contributed by atoms with Crippen LogP contribution in [0.3, 0.4) is 0 Å². The minimum Gasteiger partial charge on any atom is -0.383 e. The zero-order valence-corrected chi connectivity index (χ0v) is 9.58. The molecular formula is C10H15F2N3O2. The van der Waals surface area contributed by atoms with Gasteiger partial charge < -0.3 is 14.6 Å². The third kappa shape index (κ3) is 3.12. The summed E-state index contributed by atoms with van der Waals surface area (Å²) >= 11 is 0. The van der Waals surface area contributed by atoms with Crippen molar-refractivity contribution in [3.63, 3.8) is 0 Å². The summed E-state index contributed by atoms with van der Waals surface area (Å²) in [6.45, 7) is 1.05. The summed E-state index contributed by atoms with van der Waals surface area (Å²) in [6.07, 6.45) is 0.118. The average molecular weight is 247 g/mol. The number of alkyl halides is 2. The minimum atomic E-state index is -2.59. The Labute approximate surface area is 97.5 Å². The fourth-order valence-electron chi connectivity index (χ4n) is 1.90. The van der Waals surface area contributed by atoms with E-state index in [-0.39, 0.29) is 24.8 Å². The molecule has 1 aliphatic carbocycles. The quantitative estimate of drug-likeness (QED) is 0.807. The lowest BCUT2D eigenvalue weighted by atomic mass is 10.1. The van der Waals surface area contributed by atoms with E-state index in [1.165, 1.54) is 0 Å². The molecule has 0 saturated heterocycles. The number of hydrogen-bond acceptors (Lipinski definition) is 5. The lowest BCUT2D eigenvalue weighted by Gasteiger charge is -2.06. The average Bonchev–Trinajstić information content (AvgIpc) is 2.85. The molecule has 0 spiro atoms. The van der Waals surface area contributed by atoms with Gasteiger partial charge in [-0.2, -0.15) is 4.98 Å². The van der Waals surface area contributed by atoms with E-state index in [4.69, 9.17) is 9.26 Å². The highest BCUT2D eigenvalue weighted by Gasteiger charge is 2.41. The van der Waals surface area contributed by atoms with E-state index in [9.17, 15) is 8.78 Å².